The van der Waals surface area contributed by atoms with Gasteiger partial charge in [-0.1, -0.05) is 25.3 Å². The third-order valence-electron chi connectivity index (χ3n) is 1.95. The van der Waals surface area contributed by atoms with Crippen molar-refractivity contribution in [2.45, 2.75) is 6.92 Å². The summed E-state index contributed by atoms with van der Waals surface area (Å²) in [6.07, 6.45) is 5.50. The monoisotopic (exact) mass is 236 g/mol. The molecular formula is C12H16N2O3. The molecule has 0 aliphatic rings. The minimum atomic E-state index is -1.10. The van der Waals surface area contributed by atoms with Gasteiger partial charge in [-0.25, -0.2) is 4.79 Å². The van der Waals surface area contributed by atoms with E-state index >= 15 is 0 Å². The van der Waals surface area contributed by atoms with Crippen LogP contribution in [0.3, 0.4) is 0 Å². The second kappa shape index (κ2) is 7.05. The highest BCUT2D eigenvalue weighted by atomic mass is 16.4. The van der Waals surface area contributed by atoms with Crippen molar-refractivity contribution in [1.82, 2.24) is 10.2 Å². The van der Waals surface area contributed by atoms with Crippen LogP contribution in [0.15, 0.2) is 49.0 Å². The molecule has 0 aromatic heterocycles. The maximum Gasteiger partial charge on any atom is 0.337 e. The first-order chi connectivity index (χ1) is 7.93. The zero-order chi connectivity index (χ0) is 13.4. The normalized spacial score (nSPS) is 11.6. The smallest absolute Gasteiger partial charge is 0.337 e. The summed E-state index contributed by atoms with van der Waals surface area (Å²) < 4.78 is 0. The van der Waals surface area contributed by atoms with Gasteiger partial charge in [-0.2, -0.15) is 0 Å². The number of nitrogens with one attached hydrogen (secondary N) is 1. The van der Waals surface area contributed by atoms with Crippen molar-refractivity contribution in [3.05, 3.63) is 49.0 Å². The van der Waals surface area contributed by atoms with Crippen LogP contribution >= 0.6 is 0 Å². The highest BCUT2D eigenvalue weighted by Gasteiger charge is 2.08. The van der Waals surface area contributed by atoms with E-state index in [0.717, 1.165) is 0 Å². The van der Waals surface area contributed by atoms with Crippen molar-refractivity contribution < 1.29 is 14.7 Å². The molecule has 92 valence electrons. The largest absolute Gasteiger partial charge is 0.478 e. The number of hydrogen-bond donors (Lipinski definition) is 2. The molecule has 1 amide bonds. The fourth-order valence-corrected chi connectivity index (χ4v) is 0.898. The molecule has 0 fully saturated rings. The molecule has 0 spiro atoms. The zero-order valence-electron chi connectivity index (χ0n) is 9.93. The van der Waals surface area contributed by atoms with Crippen LogP contribution in [0.25, 0.3) is 0 Å². The molecule has 0 saturated carbocycles. The number of carboxylic acid groups (broad SMARTS) is 1. The molecular weight excluding hydrogens is 220 g/mol. The number of nitrogens with zero attached hydrogens (tertiary/aromatic N) is 1. The maximum absolute atomic E-state index is 11.2. The van der Waals surface area contributed by atoms with E-state index < -0.39 is 5.97 Å². The standard InChI is InChI=1S/C12H16N2O3/c1-5-7-11(14(4)9(3)15)13-8-10(6-2)12(16)17/h5-8,13H,1-2H2,3-4H3,(H,16,17)/b10-8+,11-7+. The SMILES string of the molecule is C=C/C=C(\N/C=C(\C=C)C(=O)O)N(C)C(C)=O. The molecule has 0 aliphatic heterocycles. The van der Waals surface area contributed by atoms with E-state index in [-0.39, 0.29) is 11.5 Å². The Hall–Kier alpha value is -2.30. The molecule has 17 heavy (non-hydrogen) atoms. The van der Waals surface area contributed by atoms with Crippen LogP contribution in [0.1, 0.15) is 6.92 Å². The van der Waals surface area contributed by atoms with Crippen molar-refractivity contribution in [3.8, 4) is 0 Å². The fourth-order valence-electron chi connectivity index (χ4n) is 0.898. The lowest BCUT2D eigenvalue weighted by molar-refractivity contribution is -0.132. The van der Waals surface area contributed by atoms with Crippen LogP contribution in [0.2, 0.25) is 0 Å². The summed E-state index contributed by atoms with van der Waals surface area (Å²) in [7, 11) is 1.56. The number of carbonyl (C=O) groups is 2. The molecule has 0 aromatic carbocycles. The van der Waals surface area contributed by atoms with Gasteiger partial charge in [0.05, 0.1) is 5.57 Å². The van der Waals surface area contributed by atoms with E-state index in [1.807, 2.05) is 0 Å². The molecule has 0 aromatic rings. The van der Waals surface area contributed by atoms with Crippen molar-refractivity contribution in [3.63, 3.8) is 0 Å². The topological polar surface area (TPSA) is 69.6 Å². The van der Waals surface area contributed by atoms with Crippen molar-refractivity contribution in [2.75, 3.05) is 7.05 Å². The lowest BCUT2D eigenvalue weighted by Crippen LogP contribution is -2.30. The van der Waals surface area contributed by atoms with E-state index in [1.165, 1.54) is 30.2 Å². The Balaban J connectivity index is 4.97. The lowest BCUT2D eigenvalue weighted by atomic mass is 10.3. The van der Waals surface area contributed by atoms with E-state index in [1.54, 1.807) is 13.1 Å². The lowest BCUT2D eigenvalue weighted by Gasteiger charge is -2.18. The quantitative estimate of drug-likeness (QED) is 0.537. The summed E-state index contributed by atoms with van der Waals surface area (Å²) in [5, 5.41) is 11.5. The first-order valence-corrected chi connectivity index (χ1v) is 4.83. The van der Waals surface area contributed by atoms with E-state index in [2.05, 4.69) is 18.5 Å². The molecule has 0 unspecified atom stereocenters. The Morgan fingerprint density at radius 1 is 1.35 bits per heavy atom. The van der Waals surface area contributed by atoms with Gasteiger partial charge in [0.2, 0.25) is 5.91 Å². The Morgan fingerprint density at radius 3 is 2.29 bits per heavy atom. The summed E-state index contributed by atoms with van der Waals surface area (Å²) in [4.78, 5) is 23.2. The predicted molar refractivity (Wildman–Crippen MR) is 65.8 cm³/mol. The van der Waals surface area contributed by atoms with Crippen molar-refractivity contribution in [1.29, 1.82) is 0 Å². The van der Waals surface area contributed by atoms with Crippen LogP contribution in [0.5, 0.6) is 0 Å². The van der Waals surface area contributed by atoms with Crippen LogP contribution in [0, 0.1) is 0 Å². The van der Waals surface area contributed by atoms with Crippen LogP contribution in [0.4, 0.5) is 0 Å². The van der Waals surface area contributed by atoms with Gasteiger partial charge in [0.15, 0.2) is 0 Å². The van der Waals surface area contributed by atoms with Gasteiger partial charge in [0, 0.05) is 20.2 Å². The molecule has 0 aliphatic carbocycles. The van der Waals surface area contributed by atoms with Gasteiger partial charge in [0.25, 0.3) is 0 Å². The molecule has 2 N–H and O–H groups in total. The van der Waals surface area contributed by atoms with Gasteiger partial charge in [-0.15, -0.1) is 0 Å². The number of amides is 1. The average molecular weight is 236 g/mol. The second-order valence-corrected chi connectivity index (χ2v) is 3.12. The minimum Gasteiger partial charge on any atom is -0.478 e. The van der Waals surface area contributed by atoms with Crippen molar-refractivity contribution >= 4 is 11.9 Å². The number of rotatable bonds is 6. The number of carbonyl (C=O) groups excluding carboxylic acids is 1. The molecule has 0 heterocycles. The van der Waals surface area contributed by atoms with Gasteiger partial charge in [-0.3, -0.25) is 4.79 Å². The molecule has 5 heteroatoms. The molecule has 0 rings (SSSR count). The maximum atomic E-state index is 11.2. The first-order valence-electron chi connectivity index (χ1n) is 4.83. The van der Waals surface area contributed by atoms with Gasteiger partial charge < -0.3 is 15.3 Å². The van der Waals surface area contributed by atoms with Crippen LogP contribution < -0.4 is 5.32 Å². The van der Waals surface area contributed by atoms with Crippen LogP contribution in [-0.2, 0) is 9.59 Å². The highest BCUT2D eigenvalue weighted by Crippen LogP contribution is 2.01. The van der Waals surface area contributed by atoms with E-state index in [0.29, 0.717) is 5.82 Å². The van der Waals surface area contributed by atoms with Gasteiger partial charge in [-0.05, 0) is 6.08 Å². The first kappa shape index (κ1) is 14.7. The molecule has 5 nitrogen and oxygen atoms in total. The third-order valence-corrected chi connectivity index (χ3v) is 1.95. The molecule has 0 atom stereocenters. The summed E-state index contributed by atoms with van der Waals surface area (Å²) in [5.74, 6) is -0.862. The molecule has 0 bridgehead atoms. The second-order valence-electron chi connectivity index (χ2n) is 3.12. The number of carboxylic acids is 1. The zero-order valence-corrected chi connectivity index (χ0v) is 9.93. The predicted octanol–water partition coefficient (Wildman–Crippen LogP) is 1.24. The highest BCUT2D eigenvalue weighted by molar-refractivity contribution is 5.89. The number of aliphatic carboxylic acids is 1. The van der Waals surface area contributed by atoms with E-state index in [9.17, 15) is 9.59 Å². The van der Waals surface area contributed by atoms with Gasteiger partial charge in [0.1, 0.15) is 5.82 Å². The van der Waals surface area contributed by atoms with Crippen molar-refractivity contribution in [2.24, 2.45) is 0 Å². The number of allylic oxidation sites excluding steroid dienone is 2. The van der Waals surface area contributed by atoms with Gasteiger partial charge >= 0.3 is 5.97 Å². The van der Waals surface area contributed by atoms with Crippen LogP contribution in [-0.4, -0.2) is 28.9 Å². The molecule has 0 radical (unpaired) electrons. The molecule has 0 saturated heterocycles. The average Bonchev–Trinajstić information content (AvgIpc) is 2.26. The fraction of sp³-hybridized carbons (Fsp3) is 0.167. The summed E-state index contributed by atoms with van der Waals surface area (Å²) in [6, 6.07) is 0. The summed E-state index contributed by atoms with van der Waals surface area (Å²) in [6.45, 7) is 8.29. The Morgan fingerprint density at radius 2 is 1.94 bits per heavy atom. The van der Waals surface area contributed by atoms with E-state index in [4.69, 9.17) is 5.11 Å². The Bertz CT molecular complexity index is 395. The Kier molecular flexibility index (Phi) is 6.10. The minimum absolute atomic E-state index is 0.00286. The summed E-state index contributed by atoms with van der Waals surface area (Å²) >= 11 is 0. The Labute approximate surface area is 100 Å². The third kappa shape index (κ3) is 4.83. The number of hydrogen-bond acceptors (Lipinski definition) is 3. The summed E-state index contributed by atoms with van der Waals surface area (Å²) in [5.41, 5.74) is -0.00286.